The van der Waals surface area contributed by atoms with Gasteiger partial charge in [0.2, 0.25) is 5.12 Å². The Morgan fingerprint density at radius 3 is 2.55 bits per heavy atom. The average Bonchev–Trinajstić information content (AvgIpc) is 2.07. The Hall–Kier alpha value is -0.840. The van der Waals surface area contributed by atoms with Crippen LogP contribution < -0.4 is 4.89 Å². The van der Waals surface area contributed by atoms with Crippen LogP contribution in [-0.4, -0.2) is 10.3 Å². The maximum absolute atomic E-state index is 11.0. The zero-order valence-electron chi connectivity index (χ0n) is 5.65. The van der Waals surface area contributed by atoms with E-state index >= 15 is 0 Å². The summed E-state index contributed by atoms with van der Waals surface area (Å²) in [6.07, 6.45) is 0. The van der Waals surface area contributed by atoms with Gasteiger partial charge < -0.3 is 5.21 Å². The average molecular weight is 169 g/mol. The molecule has 0 heterocycles. The van der Waals surface area contributed by atoms with Gasteiger partial charge >= 0.3 is 0 Å². The summed E-state index contributed by atoms with van der Waals surface area (Å²) >= 11 is 0.651. The van der Waals surface area contributed by atoms with Crippen molar-refractivity contribution in [3.63, 3.8) is 0 Å². The topological polar surface area (TPSA) is 49.3 Å². The van der Waals surface area contributed by atoms with E-state index in [-0.39, 0.29) is 5.12 Å². The molecule has 0 amide bonds. The minimum absolute atomic E-state index is 0.201. The fourth-order valence-corrected chi connectivity index (χ4v) is 1.01. The van der Waals surface area contributed by atoms with Crippen LogP contribution in [0.25, 0.3) is 0 Å². The highest BCUT2D eigenvalue weighted by atomic mass is 32.2. The van der Waals surface area contributed by atoms with Gasteiger partial charge in [-0.3, -0.25) is 4.79 Å². The molecule has 0 aromatic heterocycles. The first-order valence-corrected chi connectivity index (χ1v) is 3.81. The first kappa shape index (κ1) is 8.26. The largest absolute Gasteiger partial charge is 0.306 e. The van der Waals surface area contributed by atoms with E-state index in [4.69, 9.17) is 5.21 Å². The second-order valence-corrected chi connectivity index (χ2v) is 2.60. The fraction of sp³-hybridized carbons (Fsp3) is 0. The van der Waals surface area contributed by atoms with E-state index in [2.05, 4.69) is 0 Å². The van der Waals surface area contributed by atoms with Crippen molar-refractivity contribution in [1.82, 2.24) is 4.89 Å². The lowest BCUT2D eigenvalue weighted by molar-refractivity contribution is 0.108. The number of carbonyl (C=O) groups is 1. The molecule has 0 unspecified atom stereocenters. The van der Waals surface area contributed by atoms with Crippen LogP contribution in [0.2, 0.25) is 0 Å². The fourth-order valence-electron chi connectivity index (χ4n) is 0.675. The monoisotopic (exact) mass is 169 g/mol. The summed E-state index contributed by atoms with van der Waals surface area (Å²) in [7, 11) is 0. The van der Waals surface area contributed by atoms with Crippen LogP contribution in [-0.2, 0) is 0 Å². The number of hydrogen-bond acceptors (Lipinski definition) is 4. The van der Waals surface area contributed by atoms with Gasteiger partial charge in [0.1, 0.15) is 0 Å². The molecule has 0 saturated heterocycles. The van der Waals surface area contributed by atoms with E-state index in [1.165, 1.54) is 0 Å². The van der Waals surface area contributed by atoms with Gasteiger partial charge in [0, 0.05) is 17.5 Å². The number of nitrogens with one attached hydrogen (secondary N) is 1. The number of hydrogen-bond donors (Lipinski definition) is 2. The summed E-state index contributed by atoms with van der Waals surface area (Å²) in [5.41, 5.74) is 0.569. The van der Waals surface area contributed by atoms with Crippen molar-refractivity contribution in [1.29, 1.82) is 0 Å². The molecular weight excluding hydrogens is 162 g/mol. The highest BCUT2D eigenvalue weighted by Gasteiger charge is 2.03. The molecule has 1 rings (SSSR count). The van der Waals surface area contributed by atoms with Crippen molar-refractivity contribution in [2.75, 3.05) is 0 Å². The molecule has 0 aliphatic carbocycles. The first-order valence-electron chi connectivity index (χ1n) is 3.00. The maximum atomic E-state index is 11.0. The molecule has 1 aromatic rings. The van der Waals surface area contributed by atoms with Gasteiger partial charge in [-0.25, -0.2) is 0 Å². The summed E-state index contributed by atoms with van der Waals surface area (Å²) in [5.74, 6) is 0. The zero-order valence-corrected chi connectivity index (χ0v) is 6.47. The molecule has 0 fully saturated rings. The number of rotatable bonds is 2. The SMILES string of the molecule is O=C(SNO)c1ccccc1. The third-order valence-electron chi connectivity index (χ3n) is 1.15. The molecule has 0 radical (unpaired) electrons. The normalized spacial score (nSPS) is 9.55. The molecule has 0 saturated carbocycles. The molecule has 3 nitrogen and oxygen atoms in total. The molecule has 58 valence electrons. The lowest BCUT2D eigenvalue weighted by atomic mass is 10.2. The van der Waals surface area contributed by atoms with E-state index < -0.39 is 0 Å². The van der Waals surface area contributed by atoms with Gasteiger partial charge in [-0.05, 0) is 0 Å². The maximum Gasteiger partial charge on any atom is 0.236 e. The second kappa shape index (κ2) is 4.12. The van der Waals surface area contributed by atoms with Crippen LogP contribution in [0.5, 0.6) is 0 Å². The standard InChI is InChI=1S/C7H7NO2S/c9-7(11-8-10)6-4-2-1-3-5-6/h1-5,8,10H. The Bertz CT molecular complexity index is 237. The van der Waals surface area contributed by atoms with Gasteiger partial charge in [-0.1, -0.05) is 30.3 Å². The molecule has 2 N–H and O–H groups in total. The van der Waals surface area contributed by atoms with E-state index in [1.54, 1.807) is 29.2 Å². The third kappa shape index (κ3) is 2.34. The molecule has 0 aliphatic heterocycles. The smallest absolute Gasteiger partial charge is 0.236 e. The first-order chi connectivity index (χ1) is 5.34. The van der Waals surface area contributed by atoms with Crippen molar-refractivity contribution < 1.29 is 10.0 Å². The number of benzene rings is 1. The van der Waals surface area contributed by atoms with Crippen LogP contribution in [0.3, 0.4) is 0 Å². The predicted molar refractivity (Wildman–Crippen MR) is 43.3 cm³/mol. The van der Waals surface area contributed by atoms with Crippen molar-refractivity contribution in [3.05, 3.63) is 35.9 Å². The van der Waals surface area contributed by atoms with E-state index in [0.717, 1.165) is 0 Å². The molecule has 0 bridgehead atoms. The number of carbonyl (C=O) groups excluding carboxylic acids is 1. The minimum Gasteiger partial charge on any atom is -0.306 e. The van der Waals surface area contributed by atoms with E-state index in [9.17, 15) is 4.79 Å². The highest BCUT2D eigenvalue weighted by Crippen LogP contribution is 2.07. The molecule has 4 heteroatoms. The Kier molecular flexibility index (Phi) is 3.10. The Morgan fingerprint density at radius 2 is 2.00 bits per heavy atom. The van der Waals surface area contributed by atoms with Gasteiger partial charge in [0.25, 0.3) is 0 Å². The van der Waals surface area contributed by atoms with Gasteiger partial charge in [-0.15, -0.1) is 4.89 Å². The minimum atomic E-state index is -0.201. The van der Waals surface area contributed by atoms with Gasteiger partial charge in [0.15, 0.2) is 0 Å². The quantitative estimate of drug-likeness (QED) is 0.519. The van der Waals surface area contributed by atoms with Crippen LogP contribution in [0, 0.1) is 0 Å². The molecular formula is C7H7NO2S. The Balaban J connectivity index is 2.69. The van der Waals surface area contributed by atoms with Crippen molar-refractivity contribution in [3.8, 4) is 0 Å². The summed E-state index contributed by atoms with van der Waals surface area (Å²) in [6, 6.07) is 8.74. The van der Waals surface area contributed by atoms with Crippen molar-refractivity contribution in [2.45, 2.75) is 0 Å². The summed E-state index contributed by atoms with van der Waals surface area (Å²) in [6.45, 7) is 0. The molecule has 0 atom stereocenters. The van der Waals surface area contributed by atoms with Crippen LogP contribution in [0.1, 0.15) is 10.4 Å². The van der Waals surface area contributed by atoms with Crippen LogP contribution in [0.4, 0.5) is 0 Å². The van der Waals surface area contributed by atoms with Crippen LogP contribution >= 0.6 is 11.9 Å². The third-order valence-corrected chi connectivity index (χ3v) is 1.66. The Labute approximate surface area is 68.5 Å². The van der Waals surface area contributed by atoms with Crippen LogP contribution in [0.15, 0.2) is 30.3 Å². The van der Waals surface area contributed by atoms with E-state index in [1.807, 2.05) is 6.07 Å². The van der Waals surface area contributed by atoms with Crippen molar-refractivity contribution in [2.24, 2.45) is 0 Å². The summed E-state index contributed by atoms with van der Waals surface area (Å²) in [5, 5.41) is 7.99. The highest BCUT2D eigenvalue weighted by molar-refractivity contribution is 8.12. The molecule has 0 spiro atoms. The summed E-state index contributed by atoms with van der Waals surface area (Å²) in [4.78, 5) is 12.7. The molecule has 0 aliphatic rings. The lowest BCUT2D eigenvalue weighted by Crippen LogP contribution is -2.01. The zero-order chi connectivity index (χ0) is 8.10. The van der Waals surface area contributed by atoms with Gasteiger partial charge in [-0.2, -0.15) is 0 Å². The second-order valence-electron chi connectivity index (χ2n) is 1.85. The van der Waals surface area contributed by atoms with Crippen molar-refractivity contribution >= 4 is 17.1 Å². The predicted octanol–water partition coefficient (Wildman–Crippen LogP) is 1.45. The lowest BCUT2D eigenvalue weighted by Gasteiger charge is -1.95. The molecule has 11 heavy (non-hydrogen) atoms. The Morgan fingerprint density at radius 1 is 1.36 bits per heavy atom. The van der Waals surface area contributed by atoms with Gasteiger partial charge in [0.05, 0.1) is 0 Å². The molecule has 1 aromatic carbocycles. The summed E-state index contributed by atoms with van der Waals surface area (Å²) < 4.78 is 0. The van der Waals surface area contributed by atoms with E-state index in [0.29, 0.717) is 17.5 Å².